The van der Waals surface area contributed by atoms with Gasteiger partial charge in [0.1, 0.15) is 18.1 Å². The maximum Gasteiger partial charge on any atom is 0.323 e. The van der Waals surface area contributed by atoms with E-state index in [9.17, 15) is 19.1 Å². The third-order valence-electron chi connectivity index (χ3n) is 7.06. The van der Waals surface area contributed by atoms with Crippen LogP contribution in [-0.4, -0.2) is 39.6 Å². The number of carboxylic acids is 1. The van der Waals surface area contributed by atoms with Gasteiger partial charge in [-0.2, -0.15) is 0 Å². The van der Waals surface area contributed by atoms with Gasteiger partial charge < -0.3 is 19.3 Å². The molecule has 6 nitrogen and oxygen atoms in total. The summed E-state index contributed by atoms with van der Waals surface area (Å²) in [4.78, 5) is 26.2. The molecule has 0 bridgehead atoms. The van der Waals surface area contributed by atoms with E-state index < -0.39 is 18.3 Å². The molecular formula is C31H32ClFN2O4. The van der Waals surface area contributed by atoms with Crippen molar-refractivity contribution in [1.29, 1.82) is 0 Å². The first-order valence-corrected chi connectivity index (χ1v) is 13.2. The molecule has 39 heavy (non-hydrogen) atoms. The number of halogens is 2. The van der Waals surface area contributed by atoms with Gasteiger partial charge in [-0.3, -0.25) is 9.59 Å². The van der Waals surface area contributed by atoms with E-state index in [-0.39, 0.29) is 23.9 Å². The van der Waals surface area contributed by atoms with Crippen LogP contribution in [0.3, 0.4) is 0 Å². The molecule has 4 aromatic rings. The van der Waals surface area contributed by atoms with Crippen LogP contribution in [0.25, 0.3) is 10.9 Å². The molecule has 0 saturated carbocycles. The summed E-state index contributed by atoms with van der Waals surface area (Å²) >= 11 is 5.90. The first-order chi connectivity index (χ1) is 18.7. The number of ether oxygens (including phenoxy) is 1. The van der Waals surface area contributed by atoms with Crippen molar-refractivity contribution in [2.45, 2.75) is 46.7 Å². The van der Waals surface area contributed by atoms with E-state index in [1.165, 1.54) is 28.7 Å². The zero-order chi connectivity index (χ0) is 28.1. The van der Waals surface area contributed by atoms with Crippen LogP contribution in [0.1, 0.15) is 34.4 Å². The Morgan fingerprint density at radius 2 is 1.82 bits per heavy atom. The number of benzene rings is 3. The van der Waals surface area contributed by atoms with Gasteiger partial charge in [-0.1, -0.05) is 48.0 Å². The fourth-order valence-electron chi connectivity index (χ4n) is 4.82. The normalized spacial score (nSPS) is 11.1. The summed E-state index contributed by atoms with van der Waals surface area (Å²) in [5.41, 5.74) is 5.71. The van der Waals surface area contributed by atoms with Gasteiger partial charge in [0.25, 0.3) is 0 Å². The topological polar surface area (TPSA) is 71.8 Å². The van der Waals surface area contributed by atoms with Gasteiger partial charge in [-0.15, -0.1) is 0 Å². The van der Waals surface area contributed by atoms with Gasteiger partial charge in [0, 0.05) is 29.7 Å². The SMILES string of the molecule is Cc1cccc(OCCCn2c(C)c(CC(=O)N(CC(=O)O)Cc3ccc(F)c(Cl)c3)c3ccccc32)c1C. The molecule has 0 fully saturated rings. The lowest BCUT2D eigenvalue weighted by atomic mass is 10.1. The molecule has 0 aliphatic heterocycles. The molecule has 0 aliphatic carbocycles. The van der Waals surface area contributed by atoms with E-state index in [2.05, 4.69) is 24.5 Å². The smallest absolute Gasteiger partial charge is 0.323 e. The molecule has 1 N–H and O–H groups in total. The highest BCUT2D eigenvalue weighted by Crippen LogP contribution is 2.28. The summed E-state index contributed by atoms with van der Waals surface area (Å²) in [6, 6.07) is 18.1. The number of aromatic nitrogens is 1. The minimum absolute atomic E-state index is 0.0124. The Kier molecular flexibility index (Phi) is 8.92. The second kappa shape index (κ2) is 12.3. The summed E-state index contributed by atoms with van der Waals surface area (Å²) in [6.45, 7) is 6.90. The third-order valence-corrected chi connectivity index (χ3v) is 7.35. The second-order valence-electron chi connectivity index (χ2n) is 9.70. The lowest BCUT2D eigenvalue weighted by Gasteiger charge is -2.21. The Hall–Kier alpha value is -3.84. The lowest BCUT2D eigenvalue weighted by molar-refractivity contribution is -0.144. The van der Waals surface area contributed by atoms with Crippen LogP contribution < -0.4 is 4.74 Å². The van der Waals surface area contributed by atoms with E-state index in [0.717, 1.165) is 39.9 Å². The Morgan fingerprint density at radius 1 is 1.05 bits per heavy atom. The van der Waals surface area contributed by atoms with Crippen molar-refractivity contribution in [2.24, 2.45) is 0 Å². The van der Waals surface area contributed by atoms with Crippen LogP contribution in [0.15, 0.2) is 60.7 Å². The highest BCUT2D eigenvalue weighted by Gasteiger charge is 2.22. The van der Waals surface area contributed by atoms with Gasteiger partial charge in [0.2, 0.25) is 5.91 Å². The average Bonchev–Trinajstić information content (AvgIpc) is 3.16. The highest BCUT2D eigenvalue weighted by molar-refractivity contribution is 6.30. The lowest BCUT2D eigenvalue weighted by Crippen LogP contribution is -2.36. The largest absolute Gasteiger partial charge is 0.493 e. The number of hydrogen-bond donors (Lipinski definition) is 1. The molecular weight excluding hydrogens is 519 g/mol. The predicted molar refractivity (Wildman–Crippen MR) is 151 cm³/mol. The molecule has 0 radical (unpaired) electrons. The number of nitrogens with zero attached hydrogens (tertiary/aromatic N) is 2. The number of carbonyl (C=O) groups is 2. The van der Waals surface area contributed by atoms with Crippen LogP contribution in [0, 0.1) is 26.6 Å². The molecule has 1 amide bonds. The Bertz CT molecular complexity index is 1510. The van der Waals surface area contributed by atoms with Crippen molar-refractivity contribution in [3.05, 3.63) is 99.5 Å². The number of fused-ring (bicyclic) bond motifs is 1. The molecule has 204 valence electrons. The molecule has 0 aliphatic rings. The molecule has 0 atom stereocenters. The van der Waals surface area contributed by atoms with E-state index in [1.807, 2.05) is 43.3 Å². The zero-order valence-corrected chi connectivity index (χ0v) is 23.1. The number of aliphatic carboxylic acids is 1. The van der Waals surface area contributed by atoms with Crippen LogP contribution in [0.5, 0.6) is 5.75 Å². The van der Waals surface area contributed by atoms with Crippen molar-refractivity contribution >= 4 is 34.4 Å². The number of amides is 1. The zero-order valence-electron chi connectivity index (χ0n) is 22.3. The van der Waals surface area contributed by atoms with E-state index in [1.54, 1.807) is 0 Å². The highest BCUT2D eigenvalue weighted by atomic mass is 35.5. The van der Waals surface area contributed by atoms with Crippen LogP contribution in [0.4, 0.5) is 4.39 Å². The van der Waals surface area contributed by atoms with Gasteiger partial charge in [0.15, 0.2) is 0 Å². The minimum atomic E-state index is -1.13. The van der Waals surface area contributed by atoms with Gasteiger partial charge in [-0.25, -0.2) is 4.39 Å². The van der Waals surface area contributed by atoms with Crippen molar-refractivity contribution < 1.29 is 23.8 Å². The standard InChI is InChI=1S/C31H32ClFN2O4/c1-20-8-6-11-29(21(20)2)39-15-7-14-35-22(3)25(24-9-4-5-10-28(24)35)17-30(36)34(19-31(37)38)18-23-12-13-27(33)26(32)16-23/h4-6,8-13,16H,7,14-15,17-19H2,1-3H3,(H,37,38). The maximum atomic E-state index is 13.6. The summed E-state index contributed by atoms with van der Waals surface area (Å²) in [5, 5.41) is 10.3. The van der Waals surface area contributed by atoms with Gasteiger partial charge in [-0.05, 0) is 73.7 Å². The molecule has 1 aromatic heterocycles. The summed E-state index contributed by atoms with van der Waals surface area (Å²) < 4.78 is 21.8. The number of para-hydroxylation sites is 1. The average molecular weight is 551 g/mol. The molecule has 0 spiro atoms. The number of rotatable bonds is 11. The van der Waals surface area contributed by atoms with Crippen molar-refractivity contribution in [3.8, 4) is 5.75 Å². The van der Waals surface area contributed by atoms with E-state index in [4.69, 9.17) is 16.3 Å². The fourth-order valence-corrected chi connectivity index (χ4v) is 5.02. The van der Waals surface area contributed by atoms with Gasteiger partial charge >= 0.3 is 5.97 Å². The van der Waals surface area contributed by atoms with Gasteiger partial charge in [0.05, 0.1) is 18.1 Å². The molecule has 8 heteroatoms. The number of aryl methyl sites for hydroxylation is 2. The van der Waals surface area contributed by atoms with E-state index >= 15 is 0 Å². The quantitative estimate of drug-likeness (QED) is 0.217. The maximum absolute atomic E-state index is 13.6. The fraction of sp³-hybridized carbons (Fsp3) is 0.290. The van der Waals surface area contributed by atoms with Crippen LogP contribution >= 0.6 is 11.6 Å². The summed E-state index contributed by atoms with van der Waals surface area (Å²) in [5.74, 6) is -1.14. The Morgan fingerprint density at radius 3 is 2.56 bits per heavy atom. The monoisotopic (exact) mass is 550 g/mol. The minimum Gasteiger partial charge on any atom is -0.493 e. The van der Waals surface area contributed by atoms with Crippen LogP contribution in [0.2, 0.25) is 5.02 Å². The molecule has 0 saturated heterocycles. The number of carbonyl (C=O) groups excluding carboxylic acids is 1. The molecule has 0 unspecified atom stereocenters. The molecule has 3 aromatic carbocycles. The number of carboxylic acid groups (broad SMARTS) is 1. The summed E-state index contributed by atoms with van der Waals surface area (Å²) in [7, 11) is 0. The van der Waals surface area contributed by atoms with Crippen molar-refractivity contribution in [2.75, 3.05) is 13.2 Å². The predicted octanol–water partition coefficient (Wildman–Crippen LogP) is 6.48. The molecule has 4 rings (SSSR count). The van der Waals surface area contributed by atoms with E-state index in [0.29, 0.717) is 18.7 Å². The van der Waals surface area contributed by atoms with Crippen LogP contribution in [-0.2, 0) is 29.1 Å². The van der Waals surface area contributed by atoms with Crippen molar-refractivity contribution in [1.82, 2.24) is 9.47 Å². The first kappa shape index (κ1) is 28.2. The Labute approximate surface area is 232 Å². The Balaban J connectivity index is 1.52. The molecule has 1 heterocycles. The third kappa shape index (κ3) is 6.60. The summed E-state index contributed by atoms with van der Waals surface area (Å²) in [6.07, 6.45) is 0.817. The number of hydrogen-bond acceptors (Lipinski definition) is 3. The first-order valence-electron chi connectivity index (χ1n) is 12.8. The van der Waals surface area contributed by atoms with Crippen molar-refractivity contribution in [3.63, 3.8) is 0 Å². The second-order valence-corrected chi connectivity index (χ2v) is 10.1.